The first-order valence-corrected chi connectivity index (χ1v) is 2.68. The maximum absolute atomic E-state index is 10.4. The Kier molecular flexibility index (Phi) is 1.38. The summed E-state index contributed by atoms with van der Waals surface area (Å²) in [6.45, 7) is 1.46. The smallest absolute Gasteiger partial charge is 0.183 e. The van der Waals surface area contributed by atoms with Crippen molar-refractivity contribution in [2.75, 3.05) is 6.61 Å². The highest BCUT2D eigenvalue weighted by Crippen LogP contribution is 2.11. The van der Waals surface area contributed by atoms with Gasteiger partial charge in [-0.25, -0.2) is 0 Å². The number of ketones is 1. The molecule has 50 valence electrons. The van der Waals surface area contributed by atoms with Gasteiger partial charge in [-0.3, -0.25) is 4.79 Å². The summed E-state index contributed by atoms with van der Waals surface area (Å²) in [7, 11) is 0. The molecule has 1 rings (SSSR count). The van der Waals surface area contributed by atoms with Crippen molar-refractivity contribution in [1.82, 2.24) is 0 Å². The van der Waals surface area contributed by atoms with Crippen LogP contribution >= 0.6 is 0 Å². The molecule has 9 heavy (non-hydrogen) atoms. The van der Waals surface area contributed by atoms with Crippen LogP contribution in [0, 0.1) is 0 Å². The van der Waals surface area contributed by atoms with Crippen molar-refractivity contribution in [2.24, 2.45) is 0 Å². The van der Waals surface area contributed by atoms with Gasteiger partial charge in [0.15, 0.2) is 11.6 Å². The van der Waals surface area contributed by atoms with Gasteiger partial charge in [0.05, 0.1) is 0 Å². The predicted octanol–water partition coefficient (Wildman–Crippen LogP) is -0.150. The number of carbonyl (C=O) groups is 1. The van der Waals surface area contributed by atoms with Gasteiger partial charge < -0.3 is 9.84 Å². The highest BCUT2D eigenvalue weighted by Gasteiger charge is 2.21. The van der Waals surface area contributed by atoms with Crippen molar-refractivity contribution >= 4 is 5.78 Å². The van der Waals surface area contributed by atoms with Gasteiger partial charge in [0.25, 0.3) is 0 Å². The molecular formula is C6H8O3. The topological polar surface area (TPSA) is 46.5 Å². The molecule has 0 aromatic carbocycles. The second kappa shape index (κ2) is 1.93. The lowest BCUT2D eigenvalue weighted by Crippen LogP contribution is -2.31. The van der Waals surface area contributed by atoms with Gasteiger partial charge >= 0.3 is 0 Å². The Bertz CT molecular complexity index is 158. The molecule has 1 N–H and O–H groups in total. The molecule has 1 heterocycles. The second-order valence-corrected chi connectivity index (χ2v) is 2.14. The fourth-order valence-electron chi connectivity index (χ4n) is 0.561. The largest absolute Gasteiger partial charge is 0.362 e. The van der Waals surface area contributed by atoms with Crippen LogP contribution in [0.2, 0.25) is 0 Å². The summed E-state index contributed by atoms with van der Waals surface area (Å²) in [5, 5.41) is 9.03. The number of carbonyl (C=O) groups excluding carboxylic acids is 1. The lowest BCUT2D eigenvalue weighted by molar-refractivity contribution is -0.166. The zero-order chi connectivity index (χ0) is 6.91. The van der Waals surface area contributed by atoms with E-state index in [1.807, 2.05) is 0 Å². The number of hydrogen-bond donors (Lipinski definition) is 1. The summed E-state index contributed by atoms with van der Waals surface area (Å²) < 4.78 is 4.70. The van der Waals surface area contributed by atoms with Crippen LogP contribution in [0.15, 0.2) is 12.2 Å². The Labute approximate surface area is 52.9 Å². The SMILES string of the molecule is CC1(O)C=CC(=O)CO1. The third-order valence-corrected chi connectivity index (χ3v) is 1.09. The fraction of sp³-hybridized carbons (Fsp3) is 0.500. The van der Waals surface area contributed by atoms with Crippen LogP contribution in [0.25, 0.3) is 0 Å². The molecule has 0 radical (unpaired) electrons. The third-order valence-electron chi connectivity index (χ3n) is 1.09. The minimum absolute atomic E-state index is 0.0243. The number of rotatable bonds is 0. The predicted molar refractivity (Wildman–Crippen MR) is 30.7 cm³/mol. The van der Waals surface area contributed by atoms with E-state index >= 15 is 0 Å². The van der Waals surface area contributed by atoms with E-state index in [-0.39, 0.29) is 12.4 Å². The van der Waals surface area contributed by atoms with E-state index in [1.54, 1.807) is 0 Å². The van der Waals surface area contributed by atoms with Gasteiger partial charge in [-0.05, 0) is 19.1 Å². The van der Waals surface area contributed by atoms with E-state index in [9.17, 15) is 4.79 Å². The summed E-state index contributed by atoms with van der Waals surface area (Å²) in [5.74, 6) is -1.35. The molecule has 0 aromatic heterocycles. The Morgan fingerprint density at radius 2 is 2.56 bits per heavy atom. The number of hydrogen-bond acceptors (Lipinski definition) is 3. The summed E-state index contributed by atoms with van der Waals surface area (Å²) >= 11 is 0. The third kappa shape index (κ3) is 1.62. The van der Waals surface area contributed by atoms with E-state index in [0.29, 0.717) is 0 Å². The summed E-state index contributed by atoms with van der Waals surface area (Å²) in [5.41, 5.74) is 0. The first-order chi connectivity index (χ1) is 4.10. The minimum atomic E-state index is -1.24. The molecule has 0 saturated heterocycles. The number of aliphatic hydroxyl groups is 1. The molecule has 0 bridgehead atoms. The highest BCUT2D eigenvalue weighted by atomic mass is 16.6. The Balaban J connectivity index is 2.69. The van der Waals surface area contributed by atoms with Gasteiger partial charge in [-0.2, -0.15) is 0 Å². The fourth-order valence-corrected chi connectivity index (χ4v) is 0.561. The van der Waals surface area contributed by atoms with Crippen LogP contribution < -0.4 is 0 Å². The zero-order valence-electron chi connectivity index (χ0n) is 5.13. The molecule has 0 fully saturated rings. The van der Waals surface area contributed by atoms with Gasteiger partial charge in [-0.15, -0.1) is 0 Å². The Hall–Kier alpha value is -0.670. The van der Waals surface area contributed by atoms with Crippen molar-refractivity contribution in [3.05, 3.63) is 12.2 Å². The quantitative estimate of drug-likeness (QED) is 0.493. The monoisotopic (exact) mass is 128 g/mol. The molecule has 1 unspecified atom stereocenters. The maximum atomic E-state index is 10.4. The Morgan fingerprint density at radius 3 is 2.89 bits per heavy atom. The van der Waals surface area contributed by atoms with Crippen LogP contribution in [0.1, 0.15) is 6.92 Å². The van der Waals surface area contributed by atoms with Gasteiger partial charge in [0, 0.05) is 0 Å². The van der Waals surface area contributed by atoms with Crippen molar-refractivity contribution in [2.45, 2.75) is 12.7 Å². The summed E-state index contributed by atoms with van der Waals surface area (Å²) in [6, 6.07) is 0. The van der Waals surface area contributed by atoms with E-state index in [1.165, 1.54) is 19.1 Å². The molecule has 0 aromatic rings. The average Bonchev–Trinajstić information content (AvgIpc) is 1.78. The first kappa shape index (κ1) is 6.45. The molecule has 3 heteroatoms. The van der Waals surface area contributed by atoms with Crippen molar-refractivity contribution in [3.63, 3.8) is 0 Å². The van der Waals surface area contributed by atoms with Crippen LogP contribution in [-0.2, 0) is 9.53 Å². The van der Waals surface area contributed by atoms with Crippen LogP contribution in [0.5, 0.6) is 0 Å². The highest BCUT2D eigenvalue weighted by molar-refractivity contribution is 5.91. The van der Waals surface area contributed by atoms with Crippen LogP contribution in [0.3, 0.4) is 0 Å². The minimum Gasteiger partial charge on any atom is -0.362 e. The molecule has 0 amide bonds. The van der Waals surface area contributed by atoms with Crippen molar-refractivity contribution in [3.8, 4) is 0 Å². The van der Waals surface area contributed by atoms with E-state index in [2.05, 4.69) is 0 Å². The van der Waals surface area contributed by atoms with Gasteiger partial charge in [0.2, 0.25) is 0 Å². The van der Waals surface area contributed by atoms with Gasteiger partial charge in [0.1, 0.15) is 6.61 Å². The van der Waals surface area contributed by atoms with Crippen LogP contribution in [0.4, 0.5) is 0 Å². The number of ether oxygens (including phenoxy) is 1. The molecule has 3 nitrogen and oxygen atoms in total. The van der Waals surface area contributed by atoms with Crippen LogP contribution in [-0.4, -0.2) is 23.3 Å². The molecule has 0 spiro atoms. The molecule has 1 aliphatic rings. The zero-order valence-corrected chi connectivity index (χ0v) is 5.13. The molecule has 1 atom stereocenters. The van der Waals surface area contributed by atoms with E-state index in [4.69, 9.17) is 9.84 Å². The van der Waals surface area contributed by atoms with Crippen molar-refractivity contribution in [1.29, 1.82) is 0 Å². The standard InChI is InChI=1S/C6H8O3/c1-6(8)3-2-5(7)4-9-6/h2-3,8H,4H2,1H3. The summed E-state index contributed by atoms with van der Waals surface area (Å²) in [6.07, 6.45) is 2.66. The molecule has 1 aliphatic heterocycles. The maximum Gasteiger partial charge on any atom is 0.183 e. The van der Waals surface area contributed by atoms with Crippen molar-refractivity contribution < 1.29 is 14.6 Å². The molecule has 0 saturated carbocycles. The van der Waals surface area contributed by atoms with Gasteiger partial charge in [-0.1, -0.05) is 0 Å². The lowest BCUT2D eigenvalue weighted by atomic mass is 10.2. The molecule has 0 aliphatic carbocycles. The average molecular weight is 128 g/mol. The normalized spacial score (nSPS) is 35.1. The lowest BCUT2D eigenvalue weighted by Gasteiger charge is -2.21. The summed E-state index contributed by atoms with van der Waals surface area (Å²) in [4.78, 5) is 10.4. The first-order valence-electron chi connectivity index (χ1n) is 2.68. The van der Waals surface area contributed by atoms with E-state index in [0.717, 1.165) is 0 Å². The second-order valence-electron chi connectivity index (χ2n) is 2.14. The van der Waals surface area contributed by atoms with E-state index < -0.39 is 5.79 Å². The Morgan fingerprint density at radius 1 is 1.89 bits per heavy atom. The molecular weight excluding hydrogens is 120 g/mol.